The average Bonchev–Trinajstić information content (AvgIpc) is 2.72. The van der Waals surface area contributed by atoms with Crippen molar-refractivity contribution in [3.05, 3.63) is 89.5 Å². The Morgan fingerprint density at radius 2 is 1.58 bits per heavy atom. The Morgan fingerprint density at radius 1 is 0.903 bits per heavy atom. The van der Waals surface area contributed by atoms with Gasteiger partial charge in [-0.3, -0.25) is 10.2 Å². The smallest absolute Gasteiger partial charge is 0.355 e. The molecule has 0 atom stereocenters. The minimum Gasteiger partial charge on any atom is -0.355 e. The number of alkyl halides is 3. The third-order valence-corrected chi connectivity index (χ3v) is 5.53. The molecule has 1 amide bonds. The van der Waals surface area contributed by atoms with E-state index in [0.29, 0.717) is 0 Å². The predicted molar refractivity (Wildman–Crippen MR) is 110 cm³/mol. The first-order chi connectivity index (χ1) is 14.6. The Hall–Kier alpha value is -3.37. The first kappa shape index (κ1) is 22.3. The van der Waals surface area contributed by atoms with Gasteiger partial charge >= 0.3 is 6.18 Å². The van der Waals surface area contributed by atoms with Gasteiger partial charge in [0, 0.05) is 5.69 Å². The van der Waals surface area contributed by atoms with Crippen molar-refractivity contribution in [3.8, 4) is 0 Å². The molecule has 0 spiro atoms. The van der Waals surface area contributed by atoms with Crippen LogP contribution < -0.4 is 15.6 Å². The summed E-state index contributed by atoms with van der Waals surface area (Å²) in [5.41, 5.74) is 2.50. The predicted octanol–water partition coefficient (Wildman–Crippen LogP) is 4.38. The molecule has 31 heavy (non-hydrogen) atoms. The molecule has 3 rings (SSSR count). The lowest BCUT2D eigenvalue weighted by atomic mass is 10.1. The lowest BCUT2D eigenvalue weighted by molar-refractivity contribution is -0.137. The quantitative estimate of drug-likeness (QED) is 0.488. The molecule has 3 N–H and O–H groups in total. The molecule has 3 aromatic rings. The molecular weight excluding hydrogens is 431 g/mol. The van der Waals surface area contributed by atoms with Crippen molar-refractivity contribution in [1.29, 1.82) is 0 Å². The highest BCUT2D eigenvalue weighted by Crippen LogP contribution is 2.31. The molecule has 10 heteroatoms. The van der Waals surface area contributed by atoms with Crippen LogP contribution in [0.2, 0.25) is 0 Å². The van der Waals surface area contributed by atoms with Crippen molar-refractivity contribution in [2.45, 2.75) is 18.0 Å². The summed E-state index contributed by atoms with van der Waals surface area (Å²) in [6.07, 6.45) is -4.51. The minimum atomic E-state index is -4.51. The highest BCUT2D eigenvalue weighted by atomic mass is 32.2. The zero-order valence-corrected chi connectivity index (χ0v) is 17.0. The summed E-state index contributed by atoms with van der Waals surface area (Å²) in [5.74, 6) is -0.786. The molecule has 0 bridgehead atoms. The van der Waals surface area contributed by atoms with Gasteiger partial charge in [0.1, 0.15) is 0 Å². The first-order valence-corrected chi connectivity index (χ1v) is 10.5. The van der Waals surface area contributed by atoms with E-state index in [1.54, 1.807) is 31.2 Å². The molecule has 0 fully saturated rings. The molecule has 0 heterocycles. The number of aryl methyl sites for hydroxylation is 1. The summed E-state index contributed by atoms with van der Waals surface area (Å²) in [7, 11) is -4.00. The Morgan fingerprint density at radius 3 is 2.26 bits per heavy atom. The molecule has 0 saturated heterocycles. The van der Waals surface area contributed by atoms with Gasteiger partial charge in [0.2, 0.25) is 0 Å². The number of nitrogens with one attached hydrogen (secondary N) is 3. The van der Waals surface area contributed by atoms with E-state index in [1.807, 2.05) is 4.83 Å². The molecule has 0 aliphatic heterocycles. The highest BCUT2D eigenvalue weighted by Gasteiger charge is 2.30. The molecule has 0 radical (unpaired) electrons. The molecule has 162 valence electrons. The number of benzene rings is 3. The molecule has 0 aromatic heterocycles. The average molecular weight is 449 g/mol. The Balaban J connectivity index is 1.77. The molecule has 0 aliphatic carbocycles. The maximum Gasteiger partial charge on any atom is 0.416 e. The maximum absolute atomic E-state index is 12.9. The van der Waals surface area contributed by atoms with Crippen LogP contribution in [-0.2, 0) is 16.2 Å². The number of rotatable bonds is 6. The van der Waals surface area contributed by atoms with Crippen LogP contribution in [0.1, 0.15) is 21.5 Å². The normalized spacial score (nSPS) is 11.7. The number of hydrazine groups is 1. The fourth-order valence-electron chi connectivity index (χ4n) is 2.68. The lowest BCUT2D eigenvalue weighted by Crippen LogP contribution is -2.41. The maximum atomic E-state index is 12.9. The van der Waals surface area contributed by atoms with Crippen molar-refractivity contribution in [3.63, 3.8) is 0 Å². The van der Waals surface area contributed by atoms with Gasteiger partial charge in [0.05, 0.1) is 21.7 Å². The van der Waals surface area contributed by atoms with E-state index in [4.69, 9.17) is 0 Å². The van der Waals surface area contributed by atoms with Gasteiger partial charge in [-0.1, -0.05) is 35.9 Å². The van der Waals surface area contributed by atoms with Crippen LogP contribution in [0.4, 0.5) is 24.5 Å². The van der Waals surface area contributed by atoms with Crippen molar-refractivity contribution < 1.29 is 26.4 Å². The van der Waals surface area contributed by atoms with Gasteiger partial charge in [-0.15, -0.1) is 4.83 Å². The monoisotopic (exact) mass is 449 g/mol. The van der Waals surface area contributed by atoms with E-state index in [1.165, 1.54) is 36.4 Å². The Kier molecular flexibility index (Phi) is 6.32. The van der Waals surface area contributed by atoms with Gasteiger partial charge in [0.25, 0.3) is 15.9 Å². The van der Waals surface area contributed by atoms with Crippen LogP contribution in [0.5, 0.6) is 0 Å². The lowest BCUT2D eigenvalue weighted by Gasteiger charge is -2.14. The van der Waals surface area contributed by atoms with E-state index in [-0.39, 0.29) is 21.8 Å². The number of carbonyl (C=O) groups excluding carboxylic acids is 1. The van der Waals surface area contributed by atoms with E-state index in [0.717, 1.165) is 17.7 Å². The van der Waals surface area contributed by atoms with Crippen LogP contribution in [0.3, 0.4) is 0 Å². The van der Waals surface area contributed by atoms with E-state index < -0.39 is 27.7 Å². The topological polar surface area (TPSA) is 87.3 Å². The number of amides is 1. The highest BCUT2D eigenvalue weighted by molar-refractivity contribution is 7.89. The number of para-hydroxylation sites is 1. The van der Waals surface area contributed by atoms with Gasteiger partial charge in [-0.2, -0.15) is 13.2 Å². The van der Waals surface area contributed by atoms with Crippen LogP contribution in [-0.4, -0.2) is 14.3 Å². The largest absolute Gasteiger partial charge is 0.416 e. The zero-order valence-electron chi connectivity index (χ0n) is 16.2. The summed E-state index contributed by atoms with van der Waals surface area (Å²) in [6.45, 7) is 1.81. The molecule has 3 aromatic carbocycles. The van der Waals surface area contributed by atoms with Gasteiger partial charge in [-0.05, 0) is 49.4 Å². The van der Waals surface area contributed by atoms with Crippen LogP contribution in [0.25, 0.3) is 0 Å². The van der Waals surface area contributed by atoms with E-state index in [2.05, 4.69) is 10.7 Å². The second-order valence-electron chi connectivity index (χ2n) is 6.62. The first-order valence-electron chi connectivity index (χ1n) is 8.98. The molecular formula is C21H18F3N3O3S. The van der Waals surface area contributed by atoms with Crippen molar-refractivity contribution in [1.82, 2.24) is 10.3 Å². The number of sulfonamides is 1. The molecule has 0 aliphatic rings. The number of anilines is 2. The summed E-state index contributed by atoms with van der Waals surface area (Å²) < 4.78 is 63.5. The number of halogens is 3. The van der Waals surface area contributed by atoms with Crippen LogP contribution in [0, 0.1) is 6.92 Å². The number of carbonyl (C=O) groups is 1. The van der Waals surface area contributed by atoms with Gasteiger partial charge in [-0.25, -0.2) is 8.42 Å². The van der Waals surface area contributed by atoms with Crippen molar-refractivity contribution >= 4 is 27.3 Å². The third kappa shape index (κ3) is 5.62. The third-order valence-electron chi connectivity index (χ3n) is 4.27. The molecule has 0 unspecified atom stereocenters. The summed E-state index contributed by atoms with van der Waals surface area (Å²) >= 11 is 0. The Labute approximate surface area is 177 Å². The zero-order chi connectivity index (χ0) is 22.6. The standard InChI is InChI=1S/C21H18F3N3O3S/c1-14-9-11-17(12-10-14)31(29,30)27-26-20(28)18-7-2-3-8-19(18)25-16-6-4-5-15(13-16)21(22,23)24/h2-13,25,27H,1H3,(H,26,28). The molecule has 0 saturated carbocycles. The number of hydrogen-bond acceptors (Lipinski definition) is 4. The molecule has 6 nitrogen and oxygen atoms in total. The number of hydrogen-bond donors (Lipinski definition) is 3. The van der Waals surface area contributed by atoms with E-state index >= 15 is 0 Å². The van der Waals surface area contributed by atoms with Crippen molar-refractivity contribution in [2.24, 2.45) is 0 Å². The minimum absolute atomic E-state index is 0.0335. The summed E-state index contributed by atoms with van der Waals surface area (Å²) in [6, 6.07) is 16.6. The Bertz CT molecular complexity index is 1190. The van der Waals surface area contributed by atoms with Gasteiger partial charge < -0.3 is 5.32 Å². The van der Waals surface area contributed by atoms with E-state index in [9.17, 15) is 26.4 Å². The summed E-state index contributed by atoms with van der Waals surface area (Å²) in [5, 5.41) is 2.76. The van der Waals surface area contributed by atoms with Crippen LogP contribution >= 0.6 is 0 Å². The van der Waals surface area contributed by atoms with Crippen LogP contribution in [0.15, 0.2) is 77.7 Å². The fraction of sp³-hybridized carbons (Fsp3) is 0.0952. The summed E-state index contributed by atoms with van der Waals surface area (Å²) in [4.78, 5) is 14.5. The SMILES string of the molecule is Cc1ccc(S(=O)(=O)NNC(=O)c2ccccc2Nc2cccc(C(F)(F)F)c2)cc1. The van der Waals surface area contributed by atoms with Crippen molar-refractivity contribution in [2.75, 3.05) is 5.32 Å². The van der Waals surface area contributed by atoms with Gasteiger partial charge in [0.15, 0.2) is 0 Å². The second-order valence-corrected chi connectivity index (χ2v) is 8.30. The second kappa shape index (κ2) is 8.78. The fourth-order valence-corrected chi connectivity index (χ4v) is 3.52.